The van der Waals surface area contributed by atoms with Crippen LogP contribution in [0.3, 0.4) is 0 Å². The topological polar surface area (TPSA) is 86.9 Å². The summed E-state index contributed by atoms with van der Waals surface area (Å²) >= 11 is 0. The third-order valence-corrected chi connectivity index (χ3v) is 4.01. The van der Waals surface area contributed by atoms with Gasteiger partial charge in [0.1, 0.15) is 5.75 Å². The first-order valence-electron chi connectivity index (χ1n) is 8.01. The SMILES string of the molecule is CC(C)C[C@H](N)C(=O)N1CCN(C(=O)c2cccc(O)c2)CC1. The van der Waals surface area contributed by atoms with E-state index in [9.17, 15) is 14.7 Å². The smallest absolute Gasteiger partial charge is 0.254 e. The second-order valence-corrected chi connectivity index (χ2v) is 6.40. The molecule has 0 bridgehead atoms. The molecule has 0 aromatic heterocycles. The number of amides is 2. The predicted molar refractivity (Wildman–Crippen MR) is 88.0 cm³/mol. The molecular formula is C17H25N3O3. The van der Waals surface area contributed by atoms with E-state index in [0.717, 1.165) is 0 Å². The van der Waals surface area contributed by atoms with Crippen LogP contribution >= 0.6 is 0 Å². The molecule has 0 radical (unpaired) electrons. The fourth-order valence-corrected chi connectivity index (χ4v) is 2.79. The first kappa shape index (κ1) is 17.3. The van der Waals surface area contributed by atoms with Gasteiger partial charge in [0.2, 0.25) is 5.91 Å². The highest BCUT2D eigenvalue weighted by molar-refractivity contribution is 5.94. The first-order valence-corrected chi connectivity index (χ1v) is 8.01. The van der Waals surface area contributed by atoms with Crippen molar-refractivity contribution in [1.29, 1.82) is 0 Å². The minimum Gasteiger partial charge on any atom is -0.508 e. The van der Waals surface area contributed by atoms with Crippen LogP contribution < -0.4 is 5.73 Å². The van der Waals surface area contributed by atoms with Crippen LogP contribution in [0.5, 0.6) is 5.75 Å². The normalized spacial score (nSPS) is 16.5. The summed E-state index contributed by atoms with van der Waals surface area (Å²) in [5.41, 5.74) is 6.41. The van der Waals surface area contributed by atoms with Gasteiger partial charge in [-0.1, -0.05) is 19.9 Å². The van der Waals surface area contributed by atoms with E-state index in [2.05, 4.69) is 0 Å². The molecule has 1 aromatic carbocycles. The molecule has 1 aliphatic rings. The van der Waals surface area contributed by atoms with Crippen molar-refractivity contribution in [2.45, 2.75) is 26.3 Å². The van der Waals surface area contributed by atoms with Crippen LogP contribution in [-0.2, 0) is 4.79 Å². The van der Waals surface area contributed by atoms with Crippen molar-refractivity contribution in [1.82, 2.24) is 9.80 Å². The standard InChI is InChI=1S/C17H25N3O3/c1-12(2)10-15(18)17(23)20-8-6-19(7-9-20)16(22)13-4-3-5-14(21)11-13/h3-5,11-12,15,21H,6-10,18H2,1-2H3/t15-/m0/s1. The Balaban J connectivity index is 1.91. The lowest BCUT2D eigenvalue weighted by molar-refractivity contribution is -0.134. The van der Waals surface area contributed by atoms with Crippen molar-refractivity contribution in [3.63, 3.8) is 0 Å². The van der Waals surface area contributed by atoms with Crippen molar-refractivity contribution in [2.75, 3.05) is 26.2 Å². The number of hydrogen-bond donors (Lipinski definition) is 2. The Kier molecular flexibility index (Phi) is 5.60. The van der Waals surface area contributed by atoms with E-state index in [1.807, 2.05) is 13.8 Å². The average molecular weight is 319 g/mol. The summed E-state index contributed by atoms with van der Waals surface area (Å²) in [6.45, 7) is 6.03. The minimum atomic E-state index is -0.469. The molecule has 23 heavy (non-hydrogen) atoms. The number of carbonyl (C=O) groups excluding carboxylic acids is 2. The number of phenolic OH excluding ortho intramolecular Hbond substituents is 1. The number of hydrogen-bond acceptors (Lipinski definition) is 4. The molecule has 6 nitrogen and oxygen atoms in total. The molecule has 2 rings (SSSR count). The van der Waals surface area contributed by atoms with Crippen molar-refractivity contribution >= 4 is 11.8 Å². The molecule has 2 amide bonds. The molecule has 1 aliphatic heterocycles. The molecule has 1 saturated heterocycles. The maximum atomic E-state index is 12.4. The van der Waals surface area contributed by atoms with Gasteiger partial charge in [0.25, 0.3) is 5.91 Å². The highest BCUT2D eigenvalue weighted by atomic mass is 16.3. The molecule has 0 unspecified atom stereocenters. The van der Waals surface area contributed by atoms with Gasteiger partial charge in [0, 0.05) is 31.7 Å². The largest absolute Gasteiger partial charge is 0.508 e. The van der Waals surface area contributed by atoms with Crippen LogP contribution in [0.1, 0.15) is 30.6 Å². The van der Waals surface area contributed by atoms with E-state index in [1.165, 1.54) is 12.1 Å². The van der Waals surface area contributed by atoms with Gasteiger partial charge < -0.3 is 20.6 Å². The van der Waals surface area contributed by atoms with E-state index in [4.69, 9.17) is 5.73 Å². The highest BCUT2D eigenvalue weighted by Crippen LogP contribution is 2.15. The average Bonchev–Trinajstić information content (AvgIpc) is 2.53. The van der Waals surface area contributed by atoms with Crippen molar-refractivity contribution in [3.8, 4) is 5.75 Å². The van der Waals surface area contributed by atoms with E-state index >= 15 is 0 Å². The summed E-state index contributed by atoms with van der Waals surface area (Å²) in [6.07, 6.45) is 0.668. The molecule has 0 saturated carbocycles. The van der Waals surface area contributed by atoms with Crippen LogP contribution in [-0.4, -0.2) is 58.9 Å². The van der Waals surface area contributed by atoms with E-state index in [0.29, 0.717) is 44.1 Å². The zero-order valence-corrected chi connectivity index (χ0v) is 13.7. The summed E-state index contributed by atoms with van der Waals surface area (Å²) in [5.74, 6) is 0.287. The lowest BCUT2D eigenvalue weighted by Crippen LogP contribution is -2.54. The number of benzene rings is 1. The van der Waals surface area contributed by atoms with Gasteiger partial charge in [0.05, 0.1) is 6.04 Å². The van der Waals surface area contributed by atoms with Gasteiger partial charge in [-0.25, -0.2) is 0 Å². The number of phenols is 1. The van der Waals surface area contributed by atoms with Gasteiger partial charge in [-0.3, -0.25) is 9.59 Å². The Morgan fingerprint density at radius 2 is 1.78 bits per heavy atom. The van der Waals surface area contributed by atoms with Crippen molar-refractivity contribution in [2.24, 2.45) is 11.7 Å². The summed E-state index contributed by atoms with van der Waals surface area (Å²) in [6, 6.07) is 5.84. The third kappa shape index (κ3) is 4.45. The molecule has 1 heterocycles. The first-order chi connectivity index (χ1) is 10.9. The summed E-state index contributed by atoms with van der Waals surface area (Å²) in [5, 5.41) is 9.47. The van der Waals surface area contributed by atoms with Crippen LogP contribution in [0.15, 0.2) is 24.3 Å². The van der Waals surface area contributed by atoms with Gasteiger partial charge in [0.15, 0.2) is 0 Å². The fraction of sp³-hybridized carbons (Fsp3) is 0.529. The molecular weight excluding hydrogens is 294 g/mol. The number of nitrogens with zero attached hydrogens (tertiary/aromatic N) is 2. The zero-order valence-electron chi connectivity index (χ0n) is 13.7. The summed E-state index contributed by atoms with van der Waals surface area (Å²) < 4.78 is 0. The molecule has 1 atom stereocenters. The molecule has 0 aliphatic carbocycles. The van der Waals surface area contributed by atoms with Crippen LogP contribution in [0.2, 0.25) is 0 Å². The third-order valence-electron chi connectivity index (χ3n) is 4.01. The molecule has 126 valence electrons. The Hall–Kier alpha value is -2.08. The van der Waals surface area contributed by atoms with Gasteiger partial charge >= 0.3 is 0 Å². The predicted octanol–water partition coefficient (Wildman–Crippen LogP) is 1.05. The van der Waals surface area contributed by atoms with Crippen LogP contribution in [0, 0.1) is 5.92 Å². The minimum absolute atomic E-state index is 0.0387. The highest BCUT2D eigenvalue weighted by Gasteiger charge is 2.27. The summed E-state index contributed by atoms with van der Waals surface area (Å²) in [7, 11) is 0. The monoisotopic (exact) mass is 319 g/mol. The van der Waals surface area contributed by atoms with Crippen molar-refractivity contribution < 1.29 is 14.7 Å². The molecule has 3 N–H and O–H groups in total. The van der Waals surface area contributed by atoms with Crippen LogP contribution in [0.25, 0.3) is 0 Å². The van der Waals surface area contributed by atoms with Crippen LogP contribution in [0.4, 0.5) is 0 Å². The number of nitrogens with two attached hydrogens (primary N) is 1. The lowest BCUT2D eigenvalue weighted by Gasteiger charge is -2.36. The maximum Gasteiger partial charge on any atom is 0.254 e. The zero-order chi connectivity index (χ0) is 17.0. The molecule has 0 spiro atoms. The van der Waals surface area contributed by atoms with Gasteiger partial charge in [-0.15, -0.1) is 0 Å². The molecule has 6 heteroatoms. The van der Waals surface area contributed by atoms with E-state index in [-0.39, 0.29) is 17.6 Å². The Morgan fingerprint density at radius 1 is 1.17 bits per heavy atom. The number of rotatable bonds is 4. The maximum absolute atomic E-state index is 12.4. The quantitative estimate of drug-likeness (QED) is 0.868. The van der Waals surface area contributed by atoms with Crippen molar-refractivity contribution in [3.05, 3.63) is 29.8 Å². The fourth-order valence-electron chi connectivity index (χ4n) is 2.79. The number of carbonyl (C=O) groups is 2. The second kappa shape index (κ2) is 7.46. The lowest BCUT2D eigenvalue weighted by atomic mass is 10.0. The molecule has 1 aromatic rings. The van der Waals surface area contributed by atoms with Gasteiger partial charge in [-0.05, 0) is 30.5 Å². The van der Waals surface area contributed by atoms with Gasteiger partial charge in [-0.2, -0.15) is 0 Å². The second-order valence-electron chi connectivity index (χ2n) is 6.40. The molecule has 1 fully saturated rings. The Morgan fingerprint density at radius 3 is 2.35 bits per heavy atom. The number of aromatic hydroxyl groups is 1. The Labute approximate surface area is 136 Å². The number of piperazine rings is 1. The van der Waals surface area contributed by atoms with E-state index < -0.39 is 6.04 Å². The summed E-state index contributed by atoms with van der Waals surface area (Å²) in [4.78, 5) is 28.1. The Bertz CT molecular complexity index is 566. The van der Waals surface area contributed by atoms with E-state index in [1.54, 1.807) is 21.9 Å².